The number of hydrogen-bond donors (Lipinski definition) is 1. The van der Waals surface area contributed by atoms with Crippen molar-refractivity contribution in [3.8, 4) is 11.6 Å². The van der Waals surface area contributed by atoms with Gasteiger partial charge in [-0.2, -0.15) is 18.3 Å². The van der Waals surface area contributed by atoms with Crippen molar-refractivity contribution in [1.29, 1.82) is 0 Å². The molecule has 0 aliphatic carbocycles. The van der Waals surface area contributed by atoms with E-state index >= 15 is 0 Å². The summed E-state index contributed by atoms with van der Waals surface area (Å²) in [5.74, 6) is 0.610. The molecule has 0 spiro atoms. The third kappa shape index (κ3) is 3.29. The van der Waals surface area contributed by atoms with Crippen molar-refractivity contribution in [3.05, 3.63) is 35.5 Å². The van der Waals surface area contributed by atoms with Gasteiger partial charge in [0.15, 0.2) is 0 Å². The first kappa shape index (κ1) is 15.2. The van der Waals surface area contributed by atoms with E-state index in [0.29, 0.717) is 11.6 Å². The molecule has 2 N–H and O–H groups in total. The number of nitrogens with two attached hydrogens (primary N) is 1. The fourth-order valence-corrected chi connectivity index (χ4v) is 1.94. The van der Waals surface area contributed by atoms with E-state index in [1.54, 1.807) is 7.05 Å². The quantitative estimate of drug-likeness (QED) is 0.935. The van der Waals surface area contributed by atoms with E-state index in [-0.39, 0.29) is 5.75 Å². The molecular weight excluding hydrogens is 283 g/mol. The van der Waals surface area contributed by atoms with Crippen molar-refractivity contribution >= 4 is 5.69 Å². The Morgan fingerprint density at radius 1 is 1.24 bits per heavy atom. The highest BCUT2D eigenvalue weighted by Gasteiger charge is 2.30. The molecular formula is C14H16F3N3O. The first-order chi connectivity index (χ1) is 9.82. The highest BCUT2D eigenvalue weighted by molar-refractivity contribution is 5.54. The van der Waals surface area contributed by atoms with E-state index in [4.69, 9.17) is 10.5 Å². The summed E-state index contributed by atoms with van der Waals surface area (Å²) in [5.41, 5.74) is 6.37. The van der Waals surface area contributed by atoms with Crippen LogP contribution in [-0.2, 0) is 19.6 Å². The molecule has 4 nitrogen and oxygen atoms in total. The second-order valence-corrected chi connectivity index (χ2v) is 4.66. The average molecular weight is 299 g/mol. The topological polar surface area (TPSA) is 53.1 Å². The first-order valence-corrected chi connectivity index (χ1v) is 6.49. The van der Waals surface area contributed by atoms with Gasteiger partial charge in [0, 0.05) is 7.05 Å². The van der Waals surface area contributed by atoms with Gasteiger partial charge in [0.1, 0.15) is 11.4 Å². The summed E-state index contributed by atoms with van der Waals surface area (Å²) in [7, 11) is 1.68. The van der Waals surface area contributed by atoms with Gasteiger partial charge in [-0.25, -0.2) is 4.68 Å². The Balaban J connectivity index is 2.22. The van der Waals surface area contributed by atoms with E-state index < -0.39 is 11.7 Å². The highest BCUT2D eigenvalue weighted by atomic mass is 19.4. The van der Waals surface area contributed by atoms with Crippen molar-refractivity contribution < 1.29 is 17.9 Å². The molecule has 114 valence electrons. The van der Waals surface area contributed by atoms with Gasteiger partial charge in [0.25, 0.3) is 0 Å². The number of halogens is 3. The molecule has 1 heterocycles. The zero-order valence-electron chi connectivity index (χ0n) is 11.7. The predicted molar refractivity (Wildman–Crippen MR) is 73.1 cm³/mol. The van der Waals surface area contributed by atoms with E-state index in [1.807, 2.05) is 6.92 Å². The lowest BCUT2D eigenvalue weighted by molar-refractivity contribution is -0.137. The summed E-state index contributed by atoms with van der Waals surface area (Å²) in [5, 5.41) is 4.24. The van der Waals surface area contributed by atoms with Crippen LogP contribution in [0.3, 0.4) is 0 Å². The van der Waals surface area contributed by atoms with E-state index in [0.717, 1.165) is 30.7 Å². The molecule has 0 atom stereocenters. The largest absolute Gasteiger partial charge is 0.437 e. The van der Waals surface area contributed by atoms with Crippen molar-refractivity contribution in [2.24, 2.45) is 7.05 Å². The van der Waals surface area contributed by atoms with Crippen LogP contribution >= 0.6 is 0 Å². The number of alkyl halides is 3. The van der Waals surface area contributed by atoms with Gasteiger partial charge in [-0.15, -0.1) is 0 Å². The molecule has 7 heteroatoms. The Bertz CT molecular complexity index is 618. The summed E-state index contributed by atoms with van der Waals surface area (Å²) < 4.78 is 44.5. The predicted octanol–water partition coefficient (Wildman–Crippen LogP) is 3.77. The van der Waals surface area contributed by atoms with Gasteiger partial charge < -0.3 is 10.5 Å². The molecule has 2 aromatic rings. The molecule has 1 aromatic carbocycles. The lowest BCUT2D eigenvalue weighted by Gasteiger charge is -2.09. The number of aromatic nitrogens is 2. The number of rotatable bonds is 4. The summed E-state index contributed by atoms with van der Waals surface area (Å²) in [6, 6.07) is 4.45. The SMILES string of the molecule is CCCc1nn(C)c(Oc2ccc(C(F)(F)F)cc2)c1N. The highest BCUT2D eigenvalue weighted by Crippen LogP contribution is 2.33. The summed E-state index contributed by atoms with van der Waals surface area (Å²) >= 11 is 0. The normalized spacial score (nSPS) is 11.7. The van der Waals surface area contributed by atoms with Crippen LogP contribution in [0.5, 0.6) is 11.6 Å². The molecule has 0 fully saturated rings. The van der Waals surface area contributed by atoms with Crippen molar-refractivity contribution in [2.75, 3.05) is 5.73 Å². The minimum absolute atomic E-state index is 0.278. The number of anilines is 1. The Morgan fingerprint density at radius 3 is 2.38 bits per heavy atom. The standard InChI is InChI=1S/C14H16F3N3O/c1-3-4-11-12(18)13(20(2)19-11)21-10-7-5-9(6-8-10)14(15,16)17/h5-8H,3-4,18H2,1-2H3. The zero-order chi connectivity index (χ0) is 15.6. The lowest BCUT2D eigenvalue weighted by atomic mass is 10.2. The monoisotopic (exact) mass is 299 g/mol. The van der Waals surface area contributed by atoms with Crippen LogP contribution in [0.25, 0.3) is 0 Å². The number of benzene rings is 1. The van der Waals surface area contributed by atoms with Crippen LogP contribution in [0.1, 0.15) is 24.6 Å². The first-order valence-electron chi connectivity index (χ1n) is 6.49. The smallest absolute Gasteiger partial charge is 0.416 e. The molecule has 1 aromatic heterocycles. The fraction of sp³-hybridized carbons (Fsp3) is 0.357. The van der Waals surface area contributed by atoms with Gasteiger partial charge in [-0.1, -0.05) is 13.3 Å². The maximum absolute atomic E-state index is 12.5. The third-order valence-corrected chi connectivity index (χ3v) is 2.99. The molecule has 2 rings (SSSR count). The maximum atomic E-state index is 12.5. The average Bonchev–Trinajstić information content (AvgIpc) is 2.67. The molecule has 0 amide bonds. The zero-order valence-corrected chi connectivity index (χ0v) is 11.7. The van der Waals surface area contributed by atoms with Crippen LogP contribution < -0.4 is 10.5 Å². The van der Waals surface area contributed by atoms with Crippen LogP contribution in [-0.4, -0.2) is 9.78 Å². The van der Waals surface area contributed by atoms with Crippen LogP contribution in [0.15, 0.2) is 24.3 Å². The lowest BCUT2D eigenvalue weighted by Crippen LogP contribution is -2.04. The van der Waals surface area contributed by atoms with Gasteiger partial charge in [0.05, 0.1) is 11.3 Å². The third-order valence-electron chi connectivity index (χ3n) is 2.99. The van der Waals surface area contributed by atoms with Crippen LogP contribution in [0, 0.1) is 0 Å². The molecule has 0 radical (unpaired) electrons. The second kappa shape index (κ2) is 5.67. The van der Waals surface area contributed by atoms with Crippen molar-refractivity contribution in [1.82, 2.24) is 9.78 Å². The van der Waals surface area contributed by atoms with Crippen LogP contribution in [0.2, 0.25) is 0 Å². The Hall–Kier alpha value is -2.18. The van der Waals surface area contributed by atoms with Crippen molar-refractivity contribution in [3.63, 3.8) is 0 Å². The minimum atomic E-state index is -4.36. The molecule has 0 unspecified atom stereocenters. The molecule has 21 heavy (non-hydrogen) atoms. The maximum Gasteiger partial charge on any atom is 0.416 e. The Labute approximate surface area is 120 Å². The summed E-state index contributed by atoms with van der Waals surface area (Å²) in [4.78, 5) is 0. The summed E-state index contributed by atoms with van der Waals surface area (Å²) in [6.45, 7) is 2.00. The second-order valence-electron chi connectivity index (χ2n) is 4.66. The number of nitrogen functional groups attached to an aromatic ring is 1. The Morgan fingerprint density at radius 2 is 1.86 bits per heavy atom. The summed E-state index contributed by atoms with van der Waals surface area (Å²) in [6.07, 6.45) is -2.75. The van der Waals surface area contributed by atoms with Gasteiger partial charge >= 0.3 is 6.18 Å². The van der Waals surface area contributed by atoms with Gasteiger partial charge in [-0.05, 0) is 30.7 Å². The molecule has 0 saturated heterocycles. The van der Waals surface area contributed by atoms with E-state index in [9.17, 15) is 13.2 Å². The van der Waals surface area contributed by atoms with Gasteiger partial charge in [-0.3, -0.25) is 0 Å². The number of hydrogen-bond acceptors (Lipinski definition) is 3. The fourth-order valence-electron chi connectivity index (χ4n) is 1.94. The Kier molecular flexibility index (Phi) is 4.11. The van der Waals surface area contributed by atoms with Gasteiger partial charge in [0.2, 0.25) is 5.88 Å². The van der Waals surface area contributed by atoms with E-state index in [1.165, 1.54) is 16.8 Å². The molecule has 0 aliphatic rings. The van der Waals surface area contributed by atoms with E-state index in [2.05, 4.69) is 5.10 Å². The number of aryl methyl sites for hydroxylation is 2. The number of nitrogens with zero attached hydrogens (tertiary/aromatic N) is 2. The molecule has 0 saturated carbocycles. The molecule has 0 aliphatic heterocycles. The number of ether oxygens (including phenoxy) is 1. The molecule has 0 bridgehead atoms. The van der Waals surface area contributed by atoms with Crippen LogP contribution in [0.4, 0.5) is 18.9 Å². The minimum Gasteiger partial charge on any atom is -0.437 e. The van der Waals surface area contributed by atoms with Crippen molar-refractivity contribution in [2.45, 2.75) is 25.9 Å².